The van der Waals surface area contributed by atoms with Gasteiger partial charge in [-0.3, -0.25) is 4.40 Å². The van der Waals surface area contributed by atoms with Crippen molar-refractivity contribution in [3.05, 3.63) is 41.2 Å². The molecule has 0 aliphatic carbocycles. The Morgan fingerprint density at radius 2 is 2.12 bits per heavy atom. The van der Waals surface area contributed by atoms with Gasteiger partial charge in [0.1, 0.15) is 5.82 Å². The number of benzene rings is 1. The predicted octanol–water partition coefficient (Wildman–Crippen LogP) is 2.06. The van der Waals surface area contributed by atoms with Crippen LogP contribution in [0.25, 0.3) is 16.3 Å². The molecule has 86 valence electrons. The van der Waals surface area contributed by atoms with Gasteiger partial charge in [0.25, 0.3) is 0 Å². The fraction of sp³-hybridized carbons (Fsp3) is 0.0909. The van der Waals surface area contributed by atoms with Crippen LogP contribution in [0, 0.1) is 5.82 Å². The van der Waals surface area contributed by atoms with Crippen molar-refractivity contribution in [2.45, 2.75) is 6.54 Å². The summed E-state index contributed by atoms with van der Waals surface area (Å²) in [6, 6.07) is 6.51. The quantitative estimate of drug-likeness (QED) is 0.755. The summed E-state index contributed by atoms with van der Waals surface area (Å²) in [5.41, 5.74) is 6.96. The van der Waals surface area contributed by atoms with Gasteiger partial charge in [0.2, 0.25) is 4.96 Å². The number of hydrogen-bond acceptors (Lipinski definition) is 4. The maximum atomic E-state index is 13.7. The standard InChI is InChI=1S/C11H9FN4S/c12-9-4-2-1-3-8(9)10-14-15-11-16(10)7(5-13)6-17-11/h1-4,6H,5,13H2. The van der Waals surface area contributed by atoms with Crippen LogP contribution in [-0.2, 0) is 6.54 Å². The Kier molecular flexibility index (Phi) is 2.38. The van der Waals surface area contributed by atoms with Crippen LogP contribution in [0.5, 0.6) is 0 Å². The number of thiazole rings is 1. The number of halogens is 1. The fourth-order valence-corrected chi connectivity index (χ4v) is 2.58. The summed E-state index contributed by atoms with van der Waals surface area (Å²) in [6.45, 7) is 0.374. The predicted molar refractivity (Wildman–Crippen MR) is 64.1 cm³/mol. The molecule has 0 spiro atoms. The molecule has 6 heteroatoms. The number of nitrogens with zero attached hydrogens (tertiary/aromatic N) is 3. The Morgan fingerprint density at radius 3 is 2.88 bits per heavy atom. The van der Waals surface area contributed by atoms with Crippen LogP contribution in [0.15, 0.2) is 29.6 Å². The molecule has 3 aromatic rings. The second-order valence-electron chi connectivity index (χ2n) is 3.55. The van der Waals surface area contributed by atoms with E-state index in [4.69, 9.17) is 5.73 Å². The van der Waals surface area contributed by atoms with Crippen molar-refractivity contribution in [1.29, 1.82) is 0 Å². The fourth-order valence-electron chi connectivity index (χ4n) is 1.74. The summed E-state index contributed by atoms with van der Waals surface area (Å²) in [7, 11) is 0. The van der Waals surface area contributed by atoms with Crippen molar-refractivity contribution in [2.75, 3.05) is 0 Å². The number of rotatable bonds is 2. The maximum Gasteiger partial charge on any atom is 0.216 e. The minimum absolute atomic E-state index is 0.309. The van der Waals surface area contributed by atoms with Gasteiger partial charge in [-0.1, -0.05) is 12.1 Å². The first-order chi connectivity index (χ1) is 8.31. The zero-order valence-corrected chi connectivity index (χ0v) is 9.62. The molecular weight excluding hydrogens is 239 g/mol. The van der Waals surface area contributed by atoms with Gasteiger partial charge in [0, 0.05) is 11.9 Å². The van der Waals surface area contributed by atoms with E-state index in [0.717, 1.165) is 10.7 Å². The Hall–Kier alpha value is -1.79. The molecule has 0 saturated carbocycles. The van der Waals surface area contributed by atoms with E-state index in [0.29, 0.717) is 17.9 Å². The van der Waals surface area contributed by atoms with Gasteiger partial charge in [-0.2, -0.15) is 0 Å². The molecule has 3 rings (SSSR count). The Morgan fingerprint density at radius 1 is 1.29 bits per heavy atom. The van der Waals surface area contributed by atoms with Crippen molar-refractivity contribution in [3.63, 3.8) is 0 Å². The minimum Gasteiger partial charge on any atom is -0.325 e. The largest absolute Gasteiger partial charge is 0.325 e. The summed E-state index contributed by atoms with van der Waals surface area (Å²) in [5.74, 6) is 0.191. The first-order valence-electron chi connectivity index (χ1n) is 5.07. The number of aromatic nitrogens is 3. The molecule has 0 saturated heterocycles. The average molecular weight is 248 g/mol. The summed E-state index contributed by atoms with van der Waals surface area (Å²) < 4.78 is 15.5. The minimum atomic E-state index is -0.309. The smallest absolute Gasteiger partial charge is 0.216 e. The highest BCUT2D eigenvalue weighted by Gasteiger charge is 2.15. The van der Waals surface area contributed by atoms with Crippen molar-refractivity contribution in [1.82, 2.24) is 14.6 Å². The Labute approximate surface area is 101 Å². The SMILES string of the molecule is NCc1csc2nnc(-c3ccccc3F)n12. The van der Waals surface area contributed by atoms with Crippen LogP contribution in [0.2, 0.25) is 0 Å². The highest BCUT2D eigenvalue weighted by Crippen LogP contribution is 2.25. The second-order valence-corrected chi connectivity index (χ2v) is 4.39. The molecule has 0 amide bonds. The van der Waals surface area contributed by atoms with Crippen LogP contribution in [0.4, 0.5) is 4.39 Å². The molecule has 4 nitrogen and oxygen atoms in total. The molecule has 2 N–H and O–H groups in total. The zero-order chi connectivity index (χ0) is 11.8. The van der Waals surface area contributed by atoms with Crippen molar-refractivity contribution in [3.8, 4) is 11.4 Å². The van der Waals surface area contributed by atoms with Crippen LogP contribution < -0.4 is 5.73 Å². The topological polar surface area (TPSA) is 56.2 Å². The van der Waals surface area contributed by atoms with Gasteiger partial charge in [-0.15, -0.1) is 21.5 Å². The molecule has 0 unspecified atom stereocenters. The Balaban J connectivity index is 2.30. The molecule has 0 aliphatic heterocycles. The highest BCUT2D eigenvalue weighted by atomic mass is 32.1. The molecule has 2 aromatic heterocycles. The maximum absolute atomic E-state index is 13.7. The molecule has 0 atom stereocenters. The van der Waals surface area contributed by atoms with E-state index >= 15 is 0 Å². The normalized spacial score (nSPS) is 11.2. The molecule has 0 aliphatic rings. The van der Waals surface area contributed by atoms with Crippen molar-refractivity contribution < 1.29 is 4.39 Å². The molecular formula is C11H9FN4S. The van der Waals surface area contributed by atoms with Gasteiger partial charge >= 0.3 is 0 Å². The monoisotopic (exact) mass is 248 g/mol. The van der Waals surface area contributed by atoms with Crippen molar-refractivity contribution >= 4 is 16.3 Å². The van der Waals surface area contributed by atoms with E-state index in [9.17, 15) is 4.39 Å². The molecule has 0 bridgehead atoms. The lowest BCUT2D eigenvalue weighted by atomic mass is 10.2. The van der Waals surface area contributed by atoms with Gasteiger partial charge in [0.15, 0.2) is 5.82 Å². The summed E-state index contributed by atoms with van der Waals surface area (Å²) in [6.07, 6.45) is 0. The van der Waals surface area contributed by atoms with E-state index < -0.39 is 0 Å². The number of hydrogen-bond donors (Lipinski definition) is 1. The third kappa shape index (κ3) is 1.53. The Bertz CT molecular complexity index is 673. The number of fused-ring (bicyclic) bond motifs is 1. The van der Waals surface area contributed by atoms with Crippen LogP contribution in [0.3, 0.4) is 0 Å². The molecule has 0 fully saturated rings. The summed E-state index contributed by atoms with van der Waals surface area (Å²) in [4.78, 5) is 0.726. The van der Waals surface area contributed by atoms with E-state index in [1.807, 2.05) is 5.38 Å². The molecule has 17 heavy (non-hydrogen) atoms. The van der Waals surface area contributed by atoms with Crippen molar-refractivity contribution in [2.24, 2.45) is 5.73 Å². The number of nitrogens with two attached hydrogens (primary N) is 1. The molecule has 2 heterocycles. The summed E-state index contributed by atoms with van der Waals surface area (Å²) >= 11 is 1.45. The lowest BCUT2D eigenvalue weighted by molar-refractivity contribution is 0.629. The summed E-state index contributed by atoms with van der Waals surface area (Å²) in [5, 5.41) is 9.95. The van der Waals surface area contributed by atoms with E-state index in [-0.39, 0.29) is 5.82 Å². The van der Waals surface area contributed by atoms with Gasteiger partial charge < -0.3 is 5.73 Å². The average Bonchev–Trinajstić information content (AvgIpc) is 2.91. The van der Waals surface area contributed by atoms with Gasteiger partial charge in [-0.05, 0) is 12.1 Å². The van der Waals surface area contributed by atoms with Crippen LogP contribution in [0.1, 0.15) is 5.69 Å². The third-order valence-electron chi connectivity index (χ3n) is 2.54. The second kappa shape index (κ2) is 3.90. The molecule has 0 radical (unpaired) electrons. The van der Waals surface area contributed by atoms with E-state index in [1.165, 1.54) is 17.4 Å². The lowest BCUT2D eigenvalue weighted by Gasteiger charge is -2.01. The zero-order valence-electron chi connectivity index (χ0n) is 8.80. The van der Waals surface area contributed by atoms with Gasteiger partial charge in [-0.25, -0.2) is 4.39 Å². The van der Waals surface area contributed by atoms with Crippen LogP contribution in [-0.4, -0.2) is 14.6 Å². The van der Waals surface area contributed by atoms with E-state index in [1.54, 1.807) is 22.6 Å². The van der Waals surface area contributed by atoms with Gasteiger partial charge in [0.05, 0.1) is 11.3 Å². The molecule has 1 aromatic carbocycles. The van der Waals surface area contributed by atoms with E-state index in [2.05, 4.69) is 10.2 Å². The third-order valence-corrected chi connectivity index (χ3v) is 3.41. The first kappa shape index (κ1) is 10.4. The highest BCUT2D eigenvalue weighted by molar-refractivity contribution is 7.15. The van der Waals surface area contributed by atoms with Crippen LogP contribution >= 0.6 is 11.3 Å². The first-order valence-corrected chi connectivity index (χ1v) is 5.95. The lowest BCUT2D eigenvalue weighted by Crippen LogP contribution is -2.02.